The van der Waals surface area contributed by atoms with Crippen LogP contribution < -0.4 is 72.0 Å². The molecule has 0 spiro atoms. The largest absolute Gasteiger partial charge is 0.480 e. The molecule has 1 aromatic heterocycles. The first-order valence-corrected chi connectivity index (χ1v) is 29.4. The maximum atomic E-state index is 14.4. The zero-order valence-corrected chi connectivity index (χ0v) is 49.4. The molecule has 0 saturated carbocycles. The molecule has 32 nitrogen and oxygen atoms in total. The van der Waals surface area contributed by atoms with Gasteiger partial charge in [-0.15, -0.1) is 0 Å². The summed E-state index contributed by atoms with van der Waals surface area (Å²) in [7, 11) is 0. The zero-order valence-electron chi connectivity index (χ0n) is 49.4. The number of likely N-dealkylation sites (tertiary alicyclic amines) is 3. The number of aliphatic imine (C=N–C) groups is 3. The third kappa shape index (κ3) is 20.7. The number of rotatable bonds is 33. The number of carboxylic acids is 1. The predicted molar refractivity (Wildman–Crippen MR) is 321 cm³/mol. The van der Waals surface area contributed by atoms with Gasteiger partial charge in [-0.3, -0.25) is 58.1 Å². The fourth-order valence-electron chi connectivity index (χ4n) is 10.9. The summed E-state index contributed by atoms with van der Waals surface area (Å²) in [4.78, 5) is 157. The first-order chi connectivity index (χ1) is 41.4. The van der Waals surface area contributed by atoms with Gasteiger partial charge in [-0.05, 0) is 101 Å². The van der Waals surface area contributed by atoms with Crippen LogP contribution in [0.4, 0.5) is 0 Å². The molecule has 4 heterocycles. The van der Waals surface area contributed by atoms with E-state index in [1.54, 1.807) is 38.2 Å². The molecule has 2 aromatic rings. The Morgan fingerprint density at radius 1 is 0.609 bits per heavy atom. The van der Waals surface area contributed by atoms with Crippen LogP contribution in [0.15, 0.2) is 45.4 Å². The van der Waals surface area contributed by atoms with Crippen LogP contribution in [-0.4, -0.2) is 214 Å². The van der Waals surface area contributed by atoms with Gasteiger partial charge in [-0.25, -0.2) is 4.79 Å². The third-order valence-electron chi connectivity index (χ3n) is 15.2. The van der Waals surface area contributed by atoms with Crippen molar-refractivity contribution in [2.45, 2.75) is 158 Å². The maximum Gasteiger partial charge on any atom is 0.326 e. The number of hydrogen-bond acceptors (Lipinski definition) is 15. The molecule has 9 amide bonds. The summed E-state index contributed by atoms with van der Waals surface area (Å²) in [5.41, 5.74) is 40.0. The molecule has 3 aliphatic heterocycles. The van der Waals surface area contributed by atoms with E-state index in [0.717, 1.165) is 10.9 Å². The summed E-state index contributed by atoms with van der Waals surface area (Å²) in [6, 6.07) is -3.63. The lowest BCUT2D eigenvalue weighted by Crippen LogP contribution is -2.60. The number of carboxylic acid groups (broad SMARTS) is 1. The number of nitrogens with one attached hydrogen (secondary N) is 7. The number of carbonyl (C=O) groups excluding carboxylic acids is 9. The Bertz CT molecular complexity index is 2830. The second-order valence-corrected chi connectivity index (χ2v) is 22.3. The Morgan fingerprint density at radius 2 is 1.11 bits per heavy atom. The number of aliphatic hydroxyl groups excluding tert-OH is 1. The number of nitrogens with two attached hydrogens (primary N) is 7. The topological polar surface area (TPSA) is 528 Å². The molecule has 0 bridgehead atoms. The Balaban J connectivity index is 1.25. The van der Waals surface area contributed by atoms with E-state index in [-0.39, 0.29) is 121 Å². The highest BCUT2D eigenvalue weighted by atomic mass is 16.4. The number of guanidine groups is 3. The number of amides is 9. The van der Waals surface area contributed by atoms with Crippen molar-refractivity contribution in [1.82, 2.24) is 51.6 Å². The van der Waals surface area contributed by atoms with Crippen molar-refractivity contribution < 1.29 is 58.2 Å². The average molecular weight is 1220 g/mol. The Hall–Kier alpha value is -8.81. The summed E-state index contributed by atoms with van der Waals surface area (Å²) < 4.78 is 0. The molecule has 0 aliphatic carbocycles. The second-order valence-electron chi connectivity index (χ2n) is 22.3. The molecule has 1 aromatic carbocycles. The molecule has 5 rings (SSSR count). The van der Waals surface area contributed by atoms with Crippen LogP contribution in [-0.2, 0) is 54.4 Å². The Labute approximate surface area is 503 Å². The standard InChI is InChI=1S/C55H88N20O12/c1-30(2)25-37(45(79)70-36(52(86)87)15-7-21-65-55(61)62)71-48(82)41-17-9-22-73(41)50(84)39(29-76)72-46(80)38(26-31-27-66-34-13-4-3-11-32(31)34)68-43(77)28-67-47(81)40-16-8-23-74(40)51(85)42-18-10-24-75(42)49(83)35(14-6-20-64-54(59)60)69-44(78)33(56)12-5-19-63-53(57)58/h3-4,11,13,27,30,33,35-42,66,76H,5-10,12,14-26,28-29,56H2,1-2H3,(H,67,81)(H,68,77)(H,69,78)(H,70,79)(H,71,82)(H,72,80)(H,86,87)(H4,57,58,63)(H4,59,60,64)(H4,61,62,65)/t33-,35-,36-,37-,38?,39-,40-,41-,42-/m0/s1. The van der Waals surface area contributed by atoms with Crippen LogP contribution in [0, 0.1) is 5.92 Å². The minimum absolute atomic E-state index is 0.0132. The summed E-state index contributed by atoms with van der Waals surface area (Å²) >= 11 is 0. The molecule has 32 heteroatoms. The normalized spacial score (nSPS) is 18.5. The number of aromatic nitrogens is 1. The van der Waals surface area contributed by atoms with E-state index in [2.05, 4.69) is 51.9 Å². The van der Waals surface area contributed by atoms with Gasteiger partial charge in [-0.2, -0.15) is 0 Å². The van der Waals surface area contributed by atoms with E-state index in [9.17, 15) is 58.2 Å². The van der Waals surface area contributed by atoms with Gasteiger partial charge in [0.05, 0.1) is 19.2 Å². The van der Waals surface area contributed by atoms with Crippen LogP contribution in [0.1, 0.15) is 103 Å². The lowest BCUT2D eigenvalue weighted by Gasteiger charge is -2.33. The first-order valence-electron chi connectivity index (χ1n) is 29.4. The molecule has 480 valence electrons. The van der Waals surface area contributed by atoms with Crippen LogP contribution in [0.2, 0.25) is 0 Å². The van der Waals surface area contributed by atoms with E-state index in [1.807, 2.05) is 6.07 Å². The first kappa shape index (κ1) is 69.0. The average Bonchev–Trinajstić information content (AvgIpc) is 2.01. The summed E-state index contributed by atoms with van der Waals surface area (Å²) in [6.45, 7) is 2.95. The monoisotopic (exact) mass is 1220 g/mol. The molecule has 3 aliphatic rings. The molecule has 9 atom stereocenters. The van der Waals surface area contributed by atoms with Crippen molar-refractivity contribution in [2.75, 3.05) is 52.4 Å². The van der Waals surface area contributed by atoms with Crippen LogP contribution in [0.3, 0.4) is 0 Å². The number of fused-ring (bicyclic) bond motifs is 1. The van der Waals surface area contributed by atoms with E-state index >= 15 is 0 Å². The predicted octanol–water partition coefficient (Wildman–Crippen LogP) is -5.17. The number of H-pyrrole nitrogens is 1. The molecule has 1 unspecified atom stereocenters. The van der Waals surface area contributed by atoms with Gasteiger partial charge in [-0.1, -0.05) is 32.0 Å². The van der Waals surface area contributed by atoms with Gasteiger partial charge in [0.25, 0.3) is 0 Å². The lowest BCUT2D eigenvalue weighted by molar-refractivity contribution is -0.148. The van der Waals surface area contributed by atoms with Crippen LogP contribution in [0.25, 0.3) is 10.9 Å². The highest BCUT2D eigenvalue weighted by Crippen LogP contribution is 2.27. The number of benzene rings is 1. The van der Waals surface area contributed by atoms with Crippen molar-refractivity contribution in [2.24, 2.45) is 61.0 Å². The minimum atomic E-state index is -1.62. The summed E-state index contributed by atoms with van der Waals surface area (Å²) in [6.07, 6.45) is 4.73. The zero-order chi connectivity index (χ0) is 63.9. The Kier molecular flexibility index (Phi) is 26.8. The van der Waals surface area contributed by atoms with Gasteiger partial charge >= 0.3 is 5.97 Å². The maximum absolute atomic E-state index is 14.4. The van der Waals surface area contributed by atoms with E-state index < -0.39 is 127 Å². The third-order valence-corrected chi connectivity index (χ3v) is 15.2. The van der Waals surface area contributed by atoms with Gasteiger partial charge in [0, 0.05) is 62.8 Å². The smallest absolute Gasteiger partial charge is 0.326 e. The van der Waals surface area contributed by atoms with E-state index in [1.165, 1.54) is 14.7 Å². The quantitative estimate of drug-likeness (QED) is 0.0180. The number of nitrogens with zero attached hydrogens (tertiary/aromatic N) is 6. The fraction of sp³-hybridized carbons (Fsp3) is 0.618. The van der Waals surface area contributed by atoms with E-state index in [4.69, 9.17) is 40.1 Å². The molecule has 0 radical (unpaired) electrons. The number of aliphatic hydroxyl groups is 1. The second kappa shape index (κ2) is 33.8. The lowest BCUT2D eigenvalue weighted by atomic mass is 10.0. The van der Waals surface area contributed by atoms with Gasteiger partial charge < -0.3 is 102 Å². The van der Waals surface area contributed by atoms with E-state index in [0.29, 0.717) is 37.7 Å². The van der Waals surface area contributed by atoms with Gasteiger partial charge in [0.1, 0.15) is 48.3 Å². The molecular formula is C55H88N20O12. The summed E-state index contributed by atoms with van der Waals surface area (Å²) in [5.74, 6) is -8.21. The van der Waals surface area contributed by atoms with Crippen molar-refractivity contribution in [3.8, 4) is 0 Å². The van der Waals surface area contributed by atoms with Crippen molar-refractivity contribution in [3.05, 3.63) is 36.0 Å². The SMILES string of the molecule is CC(C)C[C@H](NC(=O)[C@@H]1CCCN1C(=O)[C@H](CO)NC(=O)C(Cc1c[nH]c2ccccc12)NC(=O)CNC(=O)[C@@H]1CCCN1C(=O)[C@@H]1CCCN1C(=O)[C@H](CCCN=C(N)N)NC(=O)[C@@H](N)CCCN=C(N)N)C(=O)N[C@@H](CCCN=C(N)N)C(=O)O. The Morgan fingerprint density at radius 3 is 1.70 bits per heavy atom. The number of aromatic amines is 1. The number of para-hydroxylation sites is 1. The van der Waals surface area contributed by atoms with Crippen molar-refractivity contribution in [1.29, 1.82) is 0 Å². The summed E-state index contributed by atoms with van der Waals surface area (Å²) in [5, 5.41) is 36.9. The molecule has 23 N–H and O–H groups in total. The molecule has 3 saturated heterocycles. The highest BCUT2D eigenvalue weighted by molar-refractivity contribution is 5.99. The minimum Gasteiger partial charge on any atom is -0.480 e. The highest BCUT2D eigenvalue weighted by Gasteiger charge is 2.45. The van der Waals surface area contributed by atoms with Gasteiger partial charge in [0.2, 0.25) is 53.2 Å². The van der Waals surface area contributed by atoms with Gasteiger partial charge in [0.15, 0.2) is 17.9 Å². The molecular weight excluding hydrogens is 1130 g/mol. The van der Waals surface area contributed by atoms with Crippen LogP contribution in [0.5, 0.6) is 0 Å². The van der Waals surface area contributed by atoms with Crippen LogP contribution >= 0.6 is 0 Å². The number of hydrogen-bond donors (Lipinski definition) is 16. The number of carbonyl (C=O) groups is 10. The van der Waals surface area contributed by atoms with Crippen molar-refractivity contribution in [3.63, 3.8) is 0 Å². The fourth-order valence-corrected chi connectivity index (χ4v) is 10.9. The molecule has 3 fully saturated rings. The molecule has 87 heavy (non-hydrogen) atoms. The number of aliphatic carboxylic acids is 1. The van der Waals surface area contributed by atoms with Crippen molar-refractivity contribution >= 4 is 87.9 Å².